The highest BCUT2D eigenvalue weighted by atomic mass is 19.4. The molecule has 1 aromatic rings. The van der Waals surface area contributed by atoms with Crippen LogP contribution in [-0.4, -0.2) is 57.5 Å². The van der Waals surface area contributed by atoms with Gasteiger partial charge in [-0.3, -0.25) is 19.6 Å². The highest BCUT2D eigenvalue weighted by Gasteiger charge is 2.38. The van der Waals surface area contributed by atoms with E-state index in [1.54, 1.807) is 0 Å². The zero-order valence-electron chi connectivity index (χ0n) is 16.6. The standard InChI is InChI=1S/C19H25F3N4O4/c1-2-3-5-13(11-25(30)12-27)18(29)26-9-4-6-15(26)17(28)24-16-10-14(7-8-23-16)19(20,21)22/h7-8,10,12-13,15,30H,2-6,9,11H2,1H3,(H,23,24,28)/t13-,15+/m1/s1. The minimum Gasteiger partial charge on any atom is -0.330 e. The van der Waals surface area contributed by atoms with E-state index in [0.29, 0.717) is 37.3 Å². The van der Waals surface area contributed by atoms with E-state index in [0.717, 1.165) is 24.8 Å². The number of carbonyl (C=O) groups is 3. The van der Waals surface area contributed by atoms with Gasteiger partial charge in [0.15, 0.2) is 0 Å². The Morgan fingerprint density at radius 3 is 2.83 bits per heavy atom. The van der Waals surface area contributed by atoms with Gasteiger partial charge in [-0.2, -0.15) is 13.2 Å². The van der Waals surface area contributed by atoms with E-state index in [9.17, 15) is 32.8 Å². The lowest BCUT2D eigenvalue weighted by Crippen LogP contribution is -2.47. The Labute approximate surface area is 172 Å². The molecule has 0 bridgehead atoms. The van der Waals surface area contributed by atoms with Crippen LogP contribution >= 0.6 is 0 Å². The maximum atomic E-state index is 13.0. The first-order valence-corrected chi connectivity index (χ1v) is 9.72. The van der Waals surface area contributed by atoms with Crippen LogP contribution in [0.1, 0.15) is 44.6 Å². The van der Waals surface area contributed by atoms with E-state index in [1.165, 1.54) is 4.90 Å². The quantitative estimate of drug-likeness (QED) is 0.356. The Hall–Kier alpha value is -2.69. The smallest absolute Gasteiger partial charge is 0.330 e. The summed E-state index contributed by atoms with van der Waals surface area (Å²) in [6.07, 6.45) is -0.571. The fourth-order valence-electron chi connectivity index (χ4n) is 3.43. The number of aromatic nitrogens is 1. The Balaban J connectivity index is 2.12. The molecule has 0 aromatic carbocycles. The Kier molecular flexibility index (Phi) is 8.16. The molecule has 11 heteroatoms. The molecule has 30 heavy (non-hydrogen) atoms. The number of hydroxylamine groups is 2. The van der Waals surface area contributed by atoms with Crippen molar-refractivity contribution in [2.24, 2.45) is 5.92 Å². The largest absolute Gasteiger partial charge is 0.416 e. The van der Waals surface area contributed by atoms with E-state index < -0.39 is 29.6 Å². The van der Waals surface area contributed by atoms with Gasteiger partial charge >= 0.3 is 6.18 Å². The van der Waals surface area contributed by atoms with Crippen LogP contribution in [0.5, 0.6) is 0 Å². The summed E-state index contributed by atoms with van der Waals surface area (Å²) in [5, 5.41) is 12.3. The highest BCUT2D eigenvalue weighted by Crippen LogP contribution is 2.30. The second-order valence-electron chi connectivity index (χ2n) is 7.17. The number of unbranched alkanes of at least 4 members (excludes halogenated alkanes) is 1. The van der Waals surface area contributed by atoms with Gasteiger partial charge in [0.1, 0.15) is 11.9 Å². The molecule has 8 nitrogen and oxygen atoms in total. The average molecular weight is 430 g/mol. The summed E-state index contributed by atoms with van der Waals surface area (Å²) in [7, 11) is 0. The zero-order chi connectivity index (χ0) is 22.3. The molecule has 1 saturated heterocycles. The molecule has 0 aliphatic carbocycles. The number of rotatable bonds is 9. The normalized spacial score (nSPS) is 17.5. The van der Waals surface area contributed by atoms with Gasteiger partial charge in [0, 0.05) is 12.7 Å². The number of amides is 3. The van der Waals surface area contributed by atoms with Crippen molar-refractivity contribution in [1.29, 1.82) is 0 Å². The molecule has 0 radical (unpaired) electrons. The number of hydrogen-bond acceptors (Lipinski definition) is 5. The molecule has 0 unspecified atom stereocenters. The maximum Gasteiger partial charge on any atom is 0.416 e. The van der Waals surface area contributed by atoms with Gasteiger partial charge in [0.05, 0.1) is 18.0 Å². The molecule has 1 fully saturated rings. The molecule has 2 heterocycles. The zero-order valence-corrected chi connectivity index (χ0v) is 16.6. The minimum atomic E-state index is -4.57. The van der Waals surface area contributed by atoms with E-state index in [-0.39, 0.29) is 24.7 Å². The molecule has 3 amide bonds. The van der Waals surface area contributed by atoms with Crippen LogP contribution in [-0.2, 0) is 20.6 Å². The fraction of sp³-hybridized carbons (Fsp3) is 0.579. The Morgan fingerprint density at radius 2 is 2.20 bits per heavy atom. The number of alkyl halides is 3. The number of hydrogen-bond donors (Lipinski definition) is 2. The van der Waals surface area contributed by atoms with Crippen LogP contribution in [0.4, 0.5) is 19.0 Å². The van der Waals surface area contributed by atoms with Crippen LogP contribution in [0.2, 0.25) is 0 Å². The molecule has 166 valence electrons. The molecule has 1 aromatic heterocycles. The number of pyridine rings is 1. The molecule has 2 N–H and O–H groups in total. The topological polar surface area (TPSA) is 103 Å². The third-order valence-corrected chi connectivity index (χ3v) is 4.96. The predicted molar refractivity (Wildman–Crippen MR) is 100 cm³/mol. The third kappa shape index (κ3) is 6.15. The lowest BCUT2D eigenvalue weighted by Gasteiger charge is -2.29. The molecule has 0 saturated carbocycles. The minimum absolute atomic E-state index is 0.192. The molecule has 2 atom stereocenters. The van der Waals surface area contributed by atoms with Crippen molar-refractivity contribution in [3.63, 3.8) is 0 Å². The first-order valence-electron chi connectivity index (χ1n) is 9.72. The van der Waals surface area contributed by atoms with Crippen molar-refractivity contribution in [2.45, 2.75) is 51.2 Å². The highest BCUT2D eigenvalue weighted by molar-refractivity contribution is 5.97. The average Bonchev–Trinajstić information content (AvgIpc) is 3.20. The lowest BCUT2D eigenvalue weighted by molar-refractivity contribution is -0.157. The first-order chi connectivity index (χ1) is 14.2. The molecular weight excluding hydrogens is 405 g/mol. The van der Waals surface area contributed by atoms with E-state index in [1.807, 2.05) is 6.92 Å². The van der Waals surface area contributed by atoms with Crippen molar-refractivity contribution in [3.8, 4) is 0 Å². The Morgan fingerprint density at radius 1 is 1.47 bits per heavy atom. The molecule has 1 aliphatic heterocycles. The van der Waals surface area contributed by atoms with Crippen LogP contribution in [0.3, 0.4) is 0 Å². The van der Waals surface area contributed by atoms with Crippen molar-refractivity contribution in [2.75, 3.05) is 18.4 Å². The lowest BCUT2D eigenvalue weighted by atomic mass is 9.99. The van der Waals surface area contributed by atoms with Crippen LogP contribution in [0.15, 0.2) is 18.3 Å². The van der Waals surface area contributed by atoms with Gasteiger partial charge in [-0.1, -0.05) is 19.8 Å². The summed E-state index contributed by atoms with van der Waals surface area (Å²) in [5.74, 6) is -1.93. The van der Waals surface area contributed by atoms with E-state index in [2.05, 4.69) is 10.3 Å². The summed E-state index contributed by atoms with van der Waals surface area (Å²) in [5.41, 5.74) is -0.941. The summed E-state index contributed by atoms with van der Waals surface area (Å²) in [4.78, 5) is 41.5. The maximum absolute atomic E-state index is 13.0. The number of halogens is 3. The van der Waals surface area contributed by atoms with E-state index in [4.69, 9.17) is 0 Å². The fourth-order valence-corrected chi connectivity index (χ4v) is 3.43. The number of nitrogens with one attached hydrogen (secondary N) is 1. The van der Waals surface area contributed by atoms with Crippen LogP contribution < -0.4 is 5.32 Å². The van der Waals surface area contributed by atoms with Gasteiger partial charge in [0.2, 0.25) is 18.2 Å². The Bertz CT molecular complexity index is 760. The first kappa shape index (κ1) is 23.6. The molecule has 1 aliphatic rings. The molecule has 0 spiro atoms. The second kappa shape index (κ2) is 10.4. The monoisotopic (exact) mass is 430 g/mol. The van der Waals surface area contributed by atoms with Gasteiger partial charge in [-0.25, -0.2) is 10.0 Å². The van der Waals surface area contributed by atoms with Gasteiger partial charge in [-0.05, 0) is 31.4 Å². The number of likely N-dealkylation sites (tertiary alicyclic amines) is 1. The van der Waals surface area contributed by atoms with Crippen molar-refractivity contribution >= 4 is 24.0 Å². The summed E-state index contributed by atoms with van der Waals surface area (Å²) >= 11 is 0. The van der Waals surface area contributed by atoms with Crippen molar-refractivity contribution < 1.29 is 32.8 Å². The second-order valence-corrected chi connectivity index (χ2v) is 7.17. The third-order valence-electron chi connectivity index (χ3n) is 4.96. The summed E-state index contributed by atoms with van der Waals surface area (Å²) < 4.78 is 38.6. The van der Waals surface area contributed by atoms with E-state index >= 15 is 0 Å². The summed E-state index contributed by atoms with van der Waals surface area (Å²) in [6, 6.07) is 0.672. The number of carbonyl (C=O) groups excluding carboxylic acids is 3. The van der Waals surface area contributed by atoms with Gasteiger partial charge in [-0.15, -0.1) is 0 Å². The van der Waals surface area contributed by atoms with Gasteiger partial charge in [0.25, 0.3) is 0 Å². The van der Waals surface area contributed by atoms with Crippen molar-refractivity contribution in [1.82, 2.24) is 14.9 Å². The van der Waals surface area contributed by atoms with Crippen molar-refractivity contribution in [3.05, 3.63) is 23.9 Å². The van der Waals surface area contributed by atoms with Gasteiger partial charge < -0.3 is 10.2 Å². The van der Waals surface area contributed by atoms with Crippen LogP contribution in [0, 0.1) is 5.92 Å². The van der Waals surface area contributed by atoms with Crippen LogP contribution in [0.25, 0.3) is 0 Å². The predicted octanol–water partition coefficient (Wildman–Crippen LogP) is 2.68. The molecule has 2 rings (SSSR count). The molecular formula is C19H25F3N4O4. The summed E-state index contributed by atoms with van der Waals surface area (Å²) in [6.45, 7) is 2.05. The SMILES string of the molecule is CCCC[C@H](CN(O)C=O)C(=O)N1CCC[C@H]1C(=O)Nc1cc(C(F)(F)F)ccn1. The number of nitrogens with zero attached hydrogens (tertiary/aromatic N) is 3. The number of anilines is 1.